The third-order valence-electron chi connectivity index (χ3n) is 10.8. The number of nitrogens with zero attached hydrogens (tertiary/aromatic N) is 3. The highest BCUT2D eigenvalue weighted by Gasteiger charge is 2.14. The Hall–Kier alpha value is -7.23. The molecule has 0 spiro atoms. The lowest BCUT2D eigenvalue weighted by atomic mass is 9.90. The predicted octanol–water partition coefficient (Wildman–Crippen LogP) is 14.0. The van der Waals surface area contributed by atoms with Crippen LogP contribution in [0.25, 0.3) is 99.9 Å². The topological polar surface area (TPSA) is 38.7 Å². The van der Waals surface area contributed by atoms with E-state index in [0.717, 1.165) is 33.4 Å². The molecule has 56 heavy (non-hydrogen) atoms. The van der Waals surface area contributed by atoms with Crippen molar-refractivity contribution in [2.75, 3.05) is 0 Å². The fourth-order valence-corrected chi connectivity index (χ4v) is 7.95. The molecule has 0 unspecified atom stereocenters. The Labute approximate surface area is 326 Å². The van der Waals surface area contributed by atoms with E-state index in [4.69, 9.17) is 15.0 Å². The van der Waals surface area contributed by atoms with Crippen LogP contribution in [-0.4, -0.2) is 15.0 Å². The van der Waals surface area contributed by atoms with Gasteiger partial charge in [-0.2, -0.15) is 0 Å². The van der Waals surface area contributed by atoms with Crippen LogP contribution in [0.1, 0.15) is 11.1 Å². The van der Waals surface area contributed by atoms with E-state index in [1.54, 1.807) is 0 Å². The van der Waals surface area contributed by atoms with Crippen LogP contribution >= 0.6 is 0 Å². The minimum absolute atomic E-state index is 0.643. The molecule has 0 aliphatic rings. The molecular formula is C53H37N3. The van der Waals surface area contributed by atoms with Gasteiger partial charge in [0, 0.05) is 16.7 Å². The minimum atomic E-state index is 0.643. The summed E-state index contributed by atoms with van der Waals surface area (Å²) >= 11 is 0. The monoisotopic (exact) mass is 715 g/mol. The number of fused-ring (bicyclic) bond motifs is 6. The molecule has 0 saturated heterocycles. The van der Waals surface area contributed by atoms with E-state index >= 15 is 0 Å². The maximum absolute atomic E-state index is 4.97. The first-order valence-corrected chi connectivity index (χ1v) is 19.1. The molecule has 10 aromatic rings. The first kappa shape index (κ1) is 33.3. The molecule has 0 atom stereocenters. The van der Waals surface area contributed by atoms with E-state index < -0.39 is 0 Å². The fourth-order valence-electron chi connectivity index (χ4n) is 7.95. The largest absolute Gasteiger partial charge is 0.208 e. The van der Waals surface area contributed by atoms with Crippen LogP contribution in [0.4, 0.5) is 0 Å². The van der Waals surface area contributed by atoms with Gasteiger partial charge in [0.15, 0.2) is 17.5 Å². The highest BCUT2D eigenvalue weighted by Crippen LogP contribution is 2.39. The van der Waals surface area contributed by atoms with Crippen molar-refractivity contribution < 1.29 is 0 Å². The summed E-state index contributed by atoms with van der Waals surface area (Å²) in [5, 5.41) is 7.79. The molecule has 0 bridgehead atoms. The van der Waals surface area contributed by atoms with Crippen LogP contribution in [0.2, 0.25) is 0 Å². The second kappa shape index (κ2) is 13.9. The molecule has 0 saturated carbocycles. The van der Waals surface area contributed by atoms with Gasteiger partial charge in [-0.1, -0.05) is 175 Å². The zero-order valence-electron chi connectivity index (χ0n) is 31.2. The Morgan fingerprint density at radius 2 is 0.554 bits per heavy atom. The zero-order chi connectivity index (χ0) is 37.6. The third-order valence-corrected chi connectivity index (χ3v) is 10.8. The molecule has 0 radical (unpaired) electrons. The van der Waals surface area contributed by atoms with Gasteiger partial charge >= 0.3 is 0 Å². The van der Waals surface area contributed by atoms with Gasteiger partial charge in [0.1, 0.15) is 0 Å². The summed E-state index contributed by atoms with van der Waals surface area (Å²) in [4.78, 5) is 14.8. The SMILES string of the molecule is Cc1ccc2c(c1)c1ccc(C)cc1c1ccc(-c3cccc(-c4cccc(-c5cccc(-c6nc(-c7ccccc7)nc(-c7ccccc7)n6)c5)c4)c3)cc21. The van der Waals surface area contributed by atoms with Crippen LogP contribution < -0.4 is 0 Å². The van der Waals surface area contributed by atoms with Crippen molar-refractivity contribution in [2.24, 2.45) is 0 Å². The maximum atomic E-state index is 4.97. The number of aromatic nitrogens is 3. The first-order valence-electron chi connectivity index (χ1n) is 19.1. The molecular weight excluding hydrogens is 679 g/mol. The van der Waals surface area contributed by atoms with Crippen LogP contribution in [-0.2, 0) is 0 Å². The average Bonchev–Trinajstić information content (AvgIpc) is 3.27. The van der Waals surface area contributed by atoms with Crippen LogP contribution in [0, 0.1) is 13.8 Å². The molecule has 0 fully saturated rings. The van der Waals surface area contributed by atoms with Crippen LogP contribution in [0.15, 0.2) is 188 Å². The number of hydrogen-bond acceptors (Lipinski definition) is 3. The summed E-state index contributed by atoms with van der Waals surface area (Å²) in [6.07, 6.45) is 0. The van der Waals surface area contributed by atoms with Crippen molar-refractivity contribution >= 4 is 32.3 Å². The number of hydrogen-bond donors (Lipinski definition) is 0. The van der Waals surface area contributed by atoms with Crippen molar-refractivity contribution in [1.82, 2.24) is 15.0 Å². The number of benzene rings is 9. The maximum Gasteiger partial charge on any atom is 0.164 e. The molecule has 10 rings (SSSR count). The van der Waals surface area contributed by atoms with Crippen molar-refractivity contribution in [2.45, 2.75) is 13.8 Å². The summed E-state index contributed by atoms with van der Waals surface area (Å²) in [6, 6.07) is 67.0. The lowest BCUT2D eigenvalue weighted by Crippen LogP contribution is -2.00. The van der Waals surface area contributed by atoms with Gasteiger partial charge < -0.3 is 0 Å². The smallest absolute Gasteiger partial charge is 0.164 e. The Morgan fingerprint density at radius 3 is 1.00 bits per heavy atom. The molecule has 9 aromatic carbocycles. The normalized spacial score (nSPS) is 11.4. The standard InChI is InChI=1S/C53H37N3/c1-34-22-25-45-48-28-35(2)23-26-46(48)50-33-43(24-27-47(50)49(45)29-34)41-19-10-17-39(31-41)38-16-9-18-40(30-38)42-20-11-21-44(32-42)53-55-51(36-12-5-3-6-13-36)54-52(56-53)37-14-7-4-8-15-37/h3-33H,1-2H3. The Morgan fingerprint density at radius 1 is 0.232 bits per heavy atom. The van der Waals surface area contributed by atoms with E-state index in [1.807, 2.05) is 60.7 Å². The minimum Gasteiger partial charge on any atom is -0.208 e. The quantitative estimate of drug-likeness (QED) is 0.161. The summed E-state index contributed by atoms with van der Waals surface area (Å²) < 4.78 is 0. The molecule has 1 aromatic heterocycles. The van der Waals surface area contributed by atoms with E-state index in [0.29, 0.717) is 17.5 Å². The van der Waals surface area contributed by atoms with Crippen molar-refractivity contribution in [3.05, 3.63) is 199 Å². The average molecular weight is 716 g/mol. The molecule has 264 valence electrons. The third kappa shape index (κ3) is 6.19. The molecule has 1 heterocycles. The van der Waals surface area contributed by atoms with Gasteiger partial charge in [0.2, 0.25) is 0 Å². The number of aryl methyl sites for hydroxylation is 2. The van der Waals surface area contributed by atoms with Crippen molar-refractivity contribution in [1.29, 1.82) is 0 Å². The van der Waals surface area contributed by atoms with Gasteiger partial charge in [-0.25, -0.2) is 15.0 Å². The van der Waals surface area contributed by atoms with Crippen LogP contribution in [0.5, 0.6) is 0 Å². The van der Waals surface area contributed by atoms with Crippen molar-refractivity contribution in [3.8, 4) is 67.5 Å². The van der Waals surface area contributed by atoms with Crippen LogP contribution in [0.3, 0.4) is 0 Å². The molecule has 0 aliphatic heterocycles. The zero-order valence-corrected chi connectivity index (χ0v) is 31.2. The Balaban J connectivity index is 1.02. The van der Waals surface area contributed by atoms with Gasteiger partial charge in [0.05, 0.1) is 0 Å². The molecule has 0 N–H and O–H groups in total. The fraction of sp³-hybridized carbons (Fsp3) is 0.0377. The lowest BCUT2D eigenvalue weighted by Gasteiger charge is -2.14. The highest BCUT2D eigenvalue weighted by atomic mass is 15.0. The summed E-state index contributed by atoms with van der Waals surface area (Å²) in [5.41, 5.74) is 12.4. The lowest BCUT2D eigenvalue weighted by molar-refractivity contribution is 1.07. The first-order chi connectivity index (χ1) is 27.5. The predicted molar refractivity (Wildman–Crippen MR) is 234 cm³/mol. The molecule has 0 aliphatic carbocycles. The molecule has 0 amide bonds. The van der Waals surface area contributed by atoms with Gasteiger partial charge in [-0.05, 0) is 104 Å². The van der Waals surface area contributed by atoms with E-state index in [1.165, 1.54) is 60.1 Å². The van der Waals surface area contributed by atoms with E-state index in [-0.39, 0.29) is 0 Å². The Kier molecular flexibility index (Phi) is 8.26. The summed E-state index contributed by atoms with van der Waals surface area (Å²) in [6.45, 7) is 4.35. The van der Waals surface area contributed by atoms with E-state index in [9.17, 15) is 0 Å². The molecule has 3 nitrogen and oxygen atoms in total. The van der Waals surface area contributed by atoms with E-state index in [2.05, 4.69) is 141 Å². The van der Waals surface area contributed by atoms with Gasteiger partial charge in [-0.15, -0.1) is 0 Å². The second-order valence-corrected chi connectivity index (χ2v) is 14.6. The highest BCUT2D eigenvalue weighted by molar-refractivity contribution is 6.26. The Bertz CT molecular complexity index is 3000. The molecule has 3 heteroatoms. The van der Waals surface area contributed by atoms with Gasteiger partial charge in [-0.3, -0.25) is 0 Å². The number of rotatable bonds is 6. The summed E-state index contributed by atoms with van der Waals surface area (Å²) in [5.74, 6) is 1.95. The van der Waals surface area contributed by atoms with Crippen molar-refractivity contribution in [3.63, 3.8) is 0 Å². The second-order valence-electron chi connectivity index (χ2n) is 14.6. The summed E-state index contributed by atoms with van der Waals surface area (Å²) in [7, 11) is 0. The van der Waals surface area contributed by atoms with Gasteiger partial charge in [0.25, 0.3) is 0 Å².